The molecule has 0 amide bonds. The van der Waals surface area contributed by atoms with Crippen molar-refractivity contribution in [2.24, 2.45) is 0 Å². The average molecular weight is 445 g/mol. The molecule has 4 N–H and O–H groups in total. The third-order valence-electron chi connectivity index (χ3n) is 4.02. The standard InChI is InChI=1S/C15H34IN4O3/c21-13-11-18-5-2-6-19(12-14-22)9-10-20(16-15-23)7-1-3-17-4-8-18/h17,21-23H,1-15H2/q-1. The summed E-state index contributed by atoms with van der Waals surface area (Å²) in [4.78, 5) is 4.62. The molecule has 1 aliphatic heterocycles. The van der Waals surface area contributed by atoms with E-state index in [0.717, 1.165) is 71.7 Å². The number of halogens is 1. The van der Waals surface area contributed by atoms with E-state index in [9.17, 15) is 15.3 Å². The summed E-state index contributed by atoms with van der Waals surface area (Å²) < 4.78 is 2.72. The van der Waals surface area contributed by atoms with Crippen LogP contribution in [-0.4, -0.2) is 112 Å². The monoisotopic (exact) mass is 445 g/mol. The van der Waals surface area contributed by atoms with E-state index in [1.165, 1.54) is 0 Å². The van der Waals surface area contributed by atoms with Crippen molar-refractivity contribution in [1.82, 2.24) is 18.2 Å². The third kappa shape index (κ3) is 10.8. The summed E-state index contributed by atoms with van der Waals surface area (Å²) in [6.45, 7) is 9.69. The number of aliphatic hydroxyl groups is 3. The summed E-state index contributed by atoms with van der Waals surface area (Å²) in [5.74, 6) is 0. The van der Waals surface area contributed by atoms with E-state index in [-0.39, 0.29) is 34.7 Å². The van der Waals surface area contributed by atoms with Crippen LogP contribution in [0.15, 0.2) is 0 Å². The molecule has 23 heavy (non-hydrogen) atoms. The fraction of sp³-hybridized carbons (Fsp3) is 1.00. The van der Waals surface area contributed by atoms with Gasteiger partial charge in [-0.3, -0.25) is 0 Å². The minimum atomic E-state index is -0.278. The fourth-order valence-corrected chi connectivity index (χ4v) is 4.44. The molecule has 0 radical (unpaired) electrons. The molecular weight excluding hydrogens is 411 g/mol. The molecule has 8 heteroatoms. The van der Waals surface area contributed by atoms with Crippen molar-refractivity contribution in [3.05, 3.63) is 0 Å². The van der Waals surface area contributed by atoms with Crippen molar-refractivity contribution in [2.45, 2.75) is 12.8 Å². The Balaban J connectivity index is 2.51. The molecule has 0 aliphatic carbocycles. The van der Waals surface area contributed by atoms with Crippen molar-refractivity contribution in [1.29, 1.82) is 0 Å². The van der Waals surface area contributed by atoms with E-state index in [1.54, 1.807) is 0 Å². The van der Waals surface area contributed by atoms with Crippen LogP contribution in [-0.2, 0) is 0 Å². The van der Waals surface area contributed by atoms with Gasteiger partial charge in [0, 0.05) is 0 Å². The van der Waals surface area contributed by atoms with E-state index in [0.29, 0.717) is 11.2 Å². The van der Waals surface area contributed by atoms with Crippen LogP contribution < -0.4 is 26.8 Å². The number of hydrogen-bond acceptors (Lipinski definition) is 7. The van der Waals surface area contributed by atoms with E-state index in [1.807, 2.05) is 0 Å². The number of rotatable bonds is 6. The molecule has 0 saturated carbocycles. The molecule has 0 aromatic heterocycles. The first kappa shape index (κ1) is 21.5. The van der Waals surface area contributed by atoms with Gasteiger partial charge < -0.3 is 0 Å². The first-order valence-corrected chi connectivity index (χ1v) is 11.1. The molecule has 0 aromatic rings. The van der Waals surface area contributed by atoms with Crippen LogP contribution in [0.1, 0.15) is 12.8 Å². The Hall–Kier alpha value is 0.450. The maximum atomic E-state index is 9.25. The van der Waals surface area contributed by atoms with Gasteiger partial charge in [0.25, 0.3) is 0 Å². The van der Waals surface area contributed by atoms with Crippen molar-refractivity contribution in [3.63, 3.8) is 0 Å². The van der Waals surface area contributed by atoms with Crippen molar-refractivity contribution < 1.29 is 36.8 Å². The molecule has 1 heterocycles. The zero-order chi connectivity index (χ0) is 16.8. The van der Waals surface area contributed by atoms with Crippen LogP contribution in [0.5, 0.6) is 0 Å². The number of β-amino-alcohol motifs (C(OH)–C–C–N with tert-alkyl or cyclic N) is 2. The van der Waals surface area contributed by atoms with Crippen molar-refractivity contribution in [3.8, 4) is 0 Å². The average Bonchev–Trinajstić information content (AvgIpc) is 2.54. The first-order chi connectivity index (χ1) is 11.3. The van der Waals surface area contributed by atoms with Gasteiger partial charge in [0.2, 0.25) is 0 Å². The van der Waals surface area contributed by atoms with Crippen LogP contribution in [0.3, 0.4) is 0 Å². The quantitative estimate of drug-likeness (QED) is 0.186. The van der Waals surface area contributed by atoms with Crippen LogP contribution >= 0.6 is 0 Å². The van der Waals surface area contributed by atoms with E-state index < -0.39 is 0 Å². The van der Waals surface area contributed by atoms with Crippen LogP contribution in [0.4, 0.5) is 0 Å². The van der Waals surface area contributed by atoms with Gasteiger partial charge in [-0.1, -0.05) is 0 Å². The Morgan fingerprint density at radius 2 is 1.43 bits per heavy atom. The number of nitrogens with one attached hydrogen (secondary N) is 1. The molecule has 1 saturated heterocycles. The molecule has 1 aliphatic rings. The van der Waals surface area contributed by atoms with Gasteiger partial charge in [-0.25, -0.2) is 0 Å². The predicted octanol–water partition coefficient (Wildman–Crippen LogP) is -4.79. The molecule has 0 atom stereocenters. The minimum absolute atomic E-state index is 0.194. The van der Waals surface area contributed by atoms with Gasteiger partial charge >= 0.3 is 151 Å². The van der Waals surface area contributed by atoms with Gasteiger partial charge in [0.1, 0.15) is 0 Å². The summed E-state index contributed by atoms with van der Waals surface area (Å²) in [7, 11) is 0. The summed E-state index contributed by atoms with van der Waals surface area (Å²) in [6, 6.07) is 0. The summed E-state index contributed by atoms with van der Waals surface area (Å²) in [6.07, 6.45) is 2.15. The Labute approximate surface area is 151 Å². The second kappa shape index (κ2) is 14.8. The first-order valence-electron chi connectivity index (χ1n) is 8.62. The number of aliphatic hydroxyl groups excluding tert-OH is 3. The molecule has 0 spiro atoms. The molecule has 0 aromatic carbocycles. The fourth-order valence-electron chi connectivity index (χ4n) is 2.77. The predicted molar refractivity (Wildman–Crippen MR) is 87.8 cm³/mol. The zero-order valence-corrected chi connectivity index (χ0v) is 16.3. The molecule has 7 nitrogen and oxygen atoms in total. The maximum absolute atomic E-state index is 9.25. The third-order valence-corrected chi connectivity index (χ3v) is 6.26. The van der Waals surface area contributed by atoms with Gasteiger partial charge in [-0.2, -0.15) is 0 Å². The molecule has 140 valence electrons. The van der Waals surface area contributed by atoms with E-state index in [4.69, 9.17) is 0 Å². The van der Waals surface area contributed by atoms with E-state index in [2.05, 4.69) is 18.2 Å². The summed E-state index contributed by atoms with van der Waals surface area (Å²) >= 11 is -0.278. The Kier molecular flexibility index (Phi) is 13.8. The van der Waals surface area contributed by atoms with Gasteiger partial charge in [-0.15, -0.1) is 0 Å². The molecule has 1 fully saturated rings. The topological polar surface area (TPSA) is 82.4 Å². The Morgan fingerprint density at radius 3 is 2.09 bits per heavy atom. The van der Waals surface area contributed by atoms with Gasteiger partial charge in [-0.05, 0) is 0 Å². The molecule has 1 rings (SSSR count). The van der Waals surface area contributed by atoms with Crippen molar-refractivity contribution >= 4 is 0 Å². The summed E-state index contributed by atoms with van der Waals surface area (Å²) in [5.41, 5.74) is 0. The number of hydrogen-bond donors (Lipinski definition) is 4. The van der Waals surface area contributed by atoms with Gasteiger partial charge in [0.05, 0.1) is 0 Å². The van der Waals surface area contributed by atoms with Gasteiger partial charge in [0.15, 0.2) is 0 Å². The molecule has 0 bridgehead atoms. The Bertz CT molecular complexity index is 277. The van der Waals surface area contributed by atoms with E-state index >= 15 is 0 Å². The van der Waals surface area contributed by atoms with Crippen molar-refractivity contribution in [2.75, 3.05) is 83.3 Å². The zero-order valence-electron chi connectivity index (χ0n) is 14.2. The second-order valence-corrected chi connectivity index (χ2v) is 8.47. The van der Waals surface area contributed by atoms with Crippen LogP contribution in [0.2, 0.25) is 0 Å². The van der Waals surface area contributed by atoms with Crippen LogP contribution in [0.25, 0.3) is 0 Å². The summed E-state index contributed by atoms with van der Waals surface area (Å²) in [5, 5.41) is 31.2. The second-order valence-electron chi connectivity index (χ2n) is 5.74. The number of nitrogens with zero attached hydrogens (tertiary/aromatic N) is 3. The Morgan fingerprint density at radius 1 is 0.739 bits per heavy atom. The number of alkyl halides is 1. The SMILES string of the molecule is OCCN1CCCN(CCO)CCN([I-]CO)CCCNCC1. The molecular formula is C15H34IN4O3-. The normalized spacial score (nSPS) is 22.2. The van der Waals surface area contributed by atoms with Crippen LogP contribution in [0, 0.1) is 0 Å². The molecule has 0 unspecified atom stereocenters.